The summed E-state index contributed by atoms with van der Waals surface area (Å²) in [5.74, 6) is 0. The molecule has 3 rings (SSSR count). The molecule has 2 aromatic rings. The van der Waals surface area contributed by atoms with Crippen molar-refractivity contribution in [3.05, 3.63) is 65.7 Å². The highest BCUT2D eigenvalue weighted by Gasteiger charge is 2.24. The van der Waals surface area contributed by atoms with Crippen LogP contribution in [-0.2, 0) is 6.42 Å². The van der Waals surface area contributed by atoms with Crippen LogP contribution in [-0.4, -0.2) is 18.3 Å². The smallest absolute Gasteiger partial charge is 0.0773 e. The van der Waals surface area contributed by atoms with Gasteiger partial charge in [0.1, 0.15) is 0 Å². The van der Waals surface area contributed by atoms with E-state index in [0.29, 0.717) is 0 Å². The maximum absolute atomic E-state index is 9.82. The number of hydrogen-bond acceptors (Lipinski definition) is 2. The normalized spacial score (nSPS) is 15.9. The van der Waals surface area contributed by atoms with Gasteiger partial charge >= 0.3 is 0 Å². The highest BCUT2D eigenvalue weighted by Crippen LogP contribution is 2.33. The van der Waals surface area contributed by atoms with Crippen LogP contribution in [0.2, 0.25) is 0 Å². The first-order valence-electron chi connectivity index (χ1n) is 6.90. The minimum atomic E-state index is 0.0580. The second kappa shape index (κ2) is 5.45. The zero-order chi connectivity index (χ0) is 13.1. The summed E-state index contributed by atoms with van der Waals surface area (Å²) in [7, 11) is 0. The van der Waals surface area contributed by atoms with Crippen LogP contribution in [0.4, 0.5) is 5.69 Å². The van der Waals surface area contributed by atoms with E-state index in [2.05, 4.69) is 41.3 Å². The second-order valence-corrected chi connectivity index (χ2v) is 5.03. The van der Waals surface area contributed by atoms with Gasteiger partial charge in [-0.1, -0.05) is 48.5 Å². The van der Waals surface area contributed by atoms with Crippen molar-refractivity contribution in [2.45, 2.75) is 18.9 Å². The van der Waals surface area contributed by atoms with Gasteiger partial charge in [0.15, 0.2) is 0 Å². The van der Waals surface area contributed by atoms with Crippen LogP contribution in [0.5, 0.6) is 0 Å². The first kappa shape index (κ1) is 12.2. The molecule has 0 saturated heterocycles. The molecule has 1 heterocycles. The van der Waals surface area contributed by atoms with Crippen LogP contribution in [0.3, 0.4) is 0 Å². The fourth-order valence-electron chi connectivity index (χ4n) is 2.95. The third-order valence-corrected chi connectivity index (χ3v) is 3.88. The lowest BCUT2D eigenvalue weighted by Crippen LogP contribution is -2.35. The van der Waals surface area contributed by atoms with E-state index in [1.165, 1.54) is 16.8 Å². The molecule has 1 unspecified atom stereocenters. The van der Waals surface area contributed by atoms with Gasteiger partial charge in [-0.3, -0.25) is 0 Å². The van der Waals surface area contributed by atoms with Crippen molar-refractivity contribution in [1.29, 1.82) is 0 Å². The maximum Gasteiger partial charge on any atom is 0.0773 e. The molecule has 0 amide bonds. The molecule has 0 fully saturated rings. The number of aliphatic hydroxyl groups excluding tert-OH is 1. The number of hydrogen-bond donors (Lipinski definition) is 1. The third-order valence-electron chi connectivity index (χ3n) is 3.88. The Balaban J connectivity index is 1.97. The fraction of sp³-hybridized carbons (Fsp3) is 0.294. The molecule has 2 heteroatoms. The van der Waals surface area contributed by atoms with Crippen molar-refractivity contribution in [2.24, 2.45) is 0 Å². The van der Waals surface area contributed by atoms with Gasteiger partial charge in [-0.15, -0.1) is 0 Å². The van der Waals surface area contributed by atoms with Crippen LogP contribution in [0.1, 0.15) is 23.6 Å². The van der Waals surface area contributed by atoms with Crippen molar-refractivity contribution in [1.82, 2.24) is 0 Å². The molecule has 1 aliphatic heterocycles. The van der Waals surface area contributed by atoms with Crippen LogP contribution >= 0.6 is 0 Å². The molecule has 19 heavy (non-hydrogen) atoms. The molecule has 1 aliphatic rings. The van der Waals surface area contributed by atoms with Crippen LogP contribution in [0, 0.1) is 0 Å². The summed E-state index contributed by atoms with van der Waals surface area (Å²) in [6.07, 6.45) is 2.29. The van der Waals surface area contributed by atoms with Gasteiger partial charge < -0.3 is 10.0 Å². The molecular formula is C17H19NO. The van der Waals surface area contributed by atoms with E-state index in [9.17, 15) is 5.11 Å². The zero-order valence-corrected chi connectivity index (χ0v) is 11.0. The van der Waals surface area contributed by atoms with Gasteiger partial charge in [0.05, 0.1) is 12.6 Å². The Hall–Kier alpha value is -1.80. The van der Waals surface area contributed by atoms with Crippen molar-refractivity contribution in [3.8, 4) is 0 Å². The second-order valence-electron chi connectivity index (χ2n) is 5.03. The number of anilines is 1. The van der Waals surface area contributed by atoms with Gasteiger partial charge in [-0.25, -0.2) is 0 Å². The van der Waals surface area contributed by atoms with Crippen molar-refractivity contribution < 1.29 is 5.11 Å². The number of benzene rings is 2. The van der Waals surface area contributed by atoms with Gasteiger partial charge in [0.2, 0.25) is 0 Å². The summed E-state index contributed by atoms with van der Waals surface area (Å²) in [5.41, 5.74) is 3.85. The standard InChI is InChI=1S/C17H19NO/c19-13-17(15-7-2-1-3-8-15)18-12-6-10-14-9-4-5-11-16(14)18/h1-5,7-9,11,17,19H,6,10,12-13H2. The summed E-state index contributed by atoms with van der Waals surface area (Å²) >= 11 is 0. The van der Waals surface area contributed by atoms with Crippen LogP contribution < -0.4 is 4.90 Å². The lowest BCUT2D eigenvalue weighted by atomic mass is 9.97. The lowest BCUT2D eigenvalue weighted by molar-refractivity contribution is 0.259. The summed E-state index contributed by atoms with van der Waals surface area (Å²) < 4.78 is 0. The SMILES string of the molecule is OCC(c1ccccc1)N1CCCc2ccccc21. The topological polar surface area (TPSA) is 23.5 Å². The largest absolute Gasteiger partial charge is 0.394 e. The summed E-state index contributed by atoms with van der Waals surface area (Å²) in [6.45, 7) is 1.16. The molecule has 1 N–H and O–H groups in total. The highest BCUT2D eigenvalue weighted by atomic mass is 16.3. The third kappa shape index (κ3) is 2.36. The lowest BCUT2D eigenvalue weighted by Gasteiger charge is -2.37. The number of aliphatic hydroxyl groups is 1. The van der Waals surface area contributed by atoms with Crippen molar-refractivity contribution >= 4 is 5.69 Å². The monoisotopic (exact) mass is 253 g/mol. The average molecular weight is 253 g/mol. The Bertz CT molecular complexity index is 538. The van der Waals surface area contributed by atoms with Gasteiger partial charge in [0.25, 0.3) is 0 Å². The van der Waals surface area contributed by atoms with Crippen molar-refractivity contribution in [3.63, 3.8) is 0 Å². The van der Waals surface area contributed by atoms with E-state index in [4.69, 9.17) is 0 Å². The Morgan fingerprint density at radius 3 is 2.53 bits per heavy atom. The van der Waals surface area contributed by atoms with Gasteiger partial charge in [-0.05, 0) is 30.0 Å². The van der Waals surface area contributed by atoms with Crippen molar-refractivity contribution in [2.75, 3.05) is 18.1 Å². The van der Waals surface area contributed by atoms with Crippen LogP contribution in [0.15, 0.2) is 54.6 Å². The Kier molecular flexibility index (Phi) is 3.51. The summed E-state index contributed by atoms with van der Waals surface area (Å²) in [5, 5.41) is 9.82. The quantitative estimate of drug-likeness (QED) is 0.908. The molecular weight excluding hydrogens is 234 g/mol. The number of aryl methyl sites for hydroxylation is 1. The van der Waals surface area contributed by atoms with E-state index < -0.39 is 0 Å². The molecule has 0 spiro atoms. The predicted molar refractivity (Wildman–Crippen MR) is 78.4 cm³/mol. The number of nitrogens with zero attached hydrogens (tertiary/aromatic N) is 1. The predicted octanol–water partition coefficient (Wildman–Crippen LogP) is 3.17. The molecule has 2 aromatic carbocycles. The zero-order valence-electron chi connectivity index (χ0n) is 11.0. The molecule has 0 aromatic heterocycles. The van der Waals surface area contributed by atoms with E-state index >= 15 is 0 Å². The Morgan fingerprint density at radius 1 is 1.00 bits per heavy atom. The van der Waals surface area contributed by atoms with E-state index in [1.54, 1.807) is 0 Å². The molecule has 2 nitrogen and oxygen atoms in total. The first-order valence-corrected chi connectivity index (χ1v) is 6.90. The number of rotatable bonds is 3. The molecule has 0 aliphatic carbocycles. The fourth-order valence-corrected chi connectivity index (χ4v) is 2.95. The summed E-state index contributed by atoms with van der Waals surface area (Å²) in [6, 6.07) is 18.9. The molecule has 0 bridgehead atoms. The van der Waals surface area contributed by atoms with Gasteiger partial charge in [0, 0.05) is 12.2 Å². The summed E-state index contributed by atoms with van der Waals surface area (Å²) in [4.78, 5) is 2.34. The van der Waals surface area contributed by atoms with E-state index in [-0.39, 0.29) is 12.6 Å². The van der Waals surface area contributed by atoms with Gasteiger partial charge in [-0.2, -0.15) is 0 Å². The Morgan fingerprint density at radius 2 is 1.74 bits per heavy atom. The maximum atomic E-state index is 9.82. The first-order chi connectivity index (χ1) is 9.40. The molecule has 98 valence electrons. The number of fused-ring (bicyclic) bond motifs is 1. The van der Waals surface area contributed by atoms with E-state index in [0.717, 1.165) is 19.4 Å². The molecule has 1 atom stereocenters. The molecule has 0 radical (unpaired) electrons. The van der Waals surface area contributed by atoms with Crippen LogP contribution in [0.25, 0.3) is 0 Å². The minimum Gasteiger partial charge on any atom is -0.394 e. The average Bonchev–Trinajstić information content (AvgIpc) is 2.49. The highest BCUT2D eigenvalue weighted by molar-refractivity contribution is 5.57. The number of para-hydroxylation sites is 1. The minimum absolute atomic E-state index is 0.0580. The van der Waals surface area contributed by atoms with E-state index in [1.807, 2.05) is 18.2 Å². The molecule has 0 saturated carbocycles. The Labute approximate surface area is 114 Å².